The smallest absolute Gasteiger partial charge is 0.416 e. The number of rotatable bonds is 8. The second-order valence-corrected chi connectivity index (χ2v) is 8.88. The minimum absolute atomic E-state index is 0.0286. The fourth-order valence-electron chi connectivity index (χ4n) is 3.41. The van der Waals surface area contributed by atoms with Crippen molar-refractivity contribution >= 4 is 33.5 Å². The van der Waals surface area contributed by atoms with Gasteiger partial charge in [-0.1, -0.05) is 11.6 Å². The van der Waals surface area contributed by atoms with Gasteiger partial charge in [-0.3, -0.25) is 4.57 Å². The maximum Gasteiger partial charge on any atom is 0.416 e. The number of aliphatic hydroxyl groups is 1. The number of carbonyl (C=O) groups is 1. The number of hydrogen-bond donors (Lipinski definition) is 1. The lowest BCUT2D eigenvalue weighted by Crippen LogP contribution is -2.37. The first kappa shape index (κ1) is 27.5. The van der Waals surface area contributed by atoms with Crippen LogP contribution >= 0.6 is 27.5 Å². The minimum atomic E-state index is -4.95. The van der Waals surface area contributed by atoms with Gasteiger partial charge < -0.3 is 9.84 Å². The third-order valence-electron chi connectivity index (χ3n) is 5.14. The van der Waals surface area contributed by atoms with Crippen molar-refractivity contribution in [3.8, 4) is 17.1 Å². The Morgan fingerprint density at radius 2 is 1.92 bits per heavy atom. The van der Waals surface area contributed by atoms with E-state index in [0.717, 1.165) is 4.68 Å². The molecule has 4 rings (SSSR count). The Labute approximate surface area is 225 Å². The van der Waals surface area contributed by atoms with Crippen molar-refractivity contribution in [3.63, 3.8) is 0 Å². The van der Waals surface area contributed by atoms with E-state index < -0.39 is 30.5 Å². The molecule has 0 bridgehead atoms. The summed E-state index contributed by atoms with van der Waals surface area (Å²) >= 11 is 9.15. The summed E-state index contributed by atoms with van der Waals surface area (Å²) in [6.07, 6.45) is -6.35. The summed E-state index contributed by atoms with van der Waals surface area (Å²) in [5, 5.41) is 18.5. The number of carbonyl (C=O) groups excluding carboxylic acids is 1. The summed E-state index contributed by atoms with van der Waals surface area (Å²) in [5.74, 6) is -0.760. The maximum absolute atomic E-state index is 13.1. The van der Waals surface area contributed by atoms with E-state index in [2.05, 4.69) is 36.1 Å². The maximum atomic E-state index is 13.1. The molecule has 0 aliphatic rings. The van der Waals surface area contributed by atoms with Crippen molar-refractivity contribution in [1.29, 1.82) is 0 Å². The largest absolute Gasteiger partial charge is 0.461 e. The number of aromatic nitrogens is 7. The van der Waals surface area contributed by atoms with E-state index in [9.17, 15) is 27.9 Å². The Morgan fingerprint density at radius 3 is 2.58 bits per heavy atom. The van der Waals surface area contributed by atoms with Gasteiger partial charge in [0.1, 0.15) is 12.2 Å². The molecular formula is C22H18BrClF3N7O4. The van der Waals surface area contributed by atoms with Gasteiger partial charge in [0.2, 0.25) is 0 Å². The van der Waals surface area contributed by atoms with E-state index in [-0.39, 0.29) is 40.9 Å². The fraction of sp³-hybridized carbons (Fsp3) is 0.273. The Bertz CT molecular complexity index is 1520. The van der Waals surface area contributed by atoms with Gasteiger partial charge in [0.25, 0.3) is 0 Å². The van der Waals surface area contributed by atoms with Gasteiger partial charge >= 0.3 is 17.8 Å². The number of nitrogens with zero attached hydrogens (tertiary/aromatic N) is 7. The minimum Gasteiger partial charge on any atom is -0.461 e. The average Bonchev–Trinajstić information content (AvgIpc) is 3.38. The molecule has 0 fully saturated rings. The van der Waals surface area contributed by atoms with Gasteiger partial charge in [-0.25, -0.2) is 28.9 Å². The molecule has 0 saturated heterocycles. The van der Waals surface area contributed by atoms with Crippen molar-refractivity contribution < 1.29 is 27.8 Å². The molecule has 16 heteroatoms. The van der Waals surface area contributed by atoms with E-state index in [1.54, 1.807) is 19.1 Å². The number of ether oxygens (including phenoxy) is 1. The van der Waals surface area contributed by atoms with Gasteiger partial charge in [-0.15, -0.1) is 10.2 Å². The van der Waals surface area contributed by atoms with E-state index in [4.69, 9.17) is 16.3 Å². The highest BCUT2D eigenvalue weighted by atomic mass is 79.9. The molecule has 11 nitrogen and oxygen atoms in total. The zero-order valence-corrected chi connectivity index (χ0v) is 21.8. The van der Waals surface area contributed by atoms with Crippen LogP contribution in [-0.4, -0.2) is 64.1 Å². The van der Waals surface area contributed by atoms with Crippen molar-refractivity contribution in [2.45, 2.75) is 32.3 Å². The van der Waals surface area contributed by atoms with Crippen LogP contribution in [0.25, 0.3) is 17.1 Å². The van der Waals surface area contributed by atoms with Gasteiger partial charge in [-0.2, -0.15) is 13.2 Å². The Morgan fingerprint density at radius 1 is 1.21 bits per heavy atom. The Balaban J connectivity index is 1.73. The average molecular weight is 617 g/mol. The van der Waals surface area contributed by atoms with Crippen molar-refractivity contribution in [2.75, 3.05) is 6.61 Å². The fourth-order valence-corrected chi connectivity index (χ4v) is 4.01. The zero-order valence-electron chi connectivity index (χ0n) is 19.4. The third kappa shape index (κ3) is 5.79. The molecule has 3 heterocycles. The van der Waals surface area contributed by atoms with E-state index in [1.807, 2.05) is 0 Å². The predicted molar refractivity (Wildman–Crippen MR) is 131 cm³/mol. The second-order valence-electron chi connectivity index (χ2n) is 7.74. The molecule has 0 radical (unpaired) electrons. The summed E-state index contributed by atoms with van der Waals surface area (Å²) in [6, 6.07) is 9.06. The first-order valence-electron chi connectivity index (χ1n) is 10.9. The normalized spacial score (nSPS) is 12.5. The number of halogens is 5. The summed E-state index contributed by atoms with van der Waals surface area (Å²) in [5.41, 5.74) is -0.420. The monoisotopic (exact) mass is 615 g/mol. The van der Waals surface area contributed by atoms with E-state index >= 15 is 0 Å². The second kappa shape index (κ2) is 11.0. The molecule has 200 valence electrons. The third-order valence-corrected chi connectivity index (χ3v) is 5.91. The Kier molecular flexibility index (Phi) is 7.99. The number of alkyl halides is 3. The molecular weight excluding hydrogens is 599 g/mol. The topological polar surface area (TPSA) is 130 Å². The van der Waals surface area contributed by atoms with E-state index in [1.165, 1.54) is 35.1 Å². The summed E-state index contributed by atoms with van der Waals surface area (Å²) in [7, 11) is 0. The molecule has 1 unspecified atom stereocenters. The van der Waals surface area contributed by atoms with Crippen LogP contribution in [0.5, 0.6) is 0 Å². The molecule has 0 saturated carbocycles. The Hall–Kier alpha value is -3.56. The lowest BCUT2D eigenvalue weighted by Gasteiger charge is -2.15. The van der Waals surface area contributed by atoms with Crippen LogP contribution in [0, 0.1) is 0 Å². The quantitative estimate of drug-likeness (QED) is 0.299. The van der Waals surface area contributed by atoms with Crippen molar-refractivity contribution in [3.05, 3.63) is 74.4 Å². The van der Waals surface area contributed by atoms with Crippen LogP contribution in [0.15, 0.2) is 52.1 Å². The summed E-state index contributed by atoms with van der Waals surface area (Å²) < 4.78 is 47.3. The highest BCUT2D eigenvalue weighted by molar-refractivity contribution is 9.10. The highest BCUT2D eigenvalue weighted by Crippen LogP contribution is 2.24. The van der Waals surface area contributed by atoms with Crippen LogP contribution in [0.1, 0.15) is 23.2 Å². The van der Waals surface area contributed by atoms with Crippen LogP contribution in [0.2, 0.25) is 5.02 Å². The molecule has 0 spiro atoms. The van der Waals surface area contributed by atoms with Gasteiger partial charge in [0, 0.05) is 16.8 Å². The predicted octanol–water partition coefficient (Wildman–Crippen LogP) is 3.25. The molecule has 0 amide bonds. The molecule has 38 heavy (non-hydrogen) atoms. The molecule has 0 aliphatic carbocycles. The highest BCUT2D eigenvalue weighted by Gasteiger charge is 2.39. The van der Waals surface area contributed by atoms with E-state index in [0.29, 0.717) is 15.2 Å². The van der Waals surface area contributed by atoms with Gasteiger partial charge in [-0.05, 0) is 59.3 Å². The van der Waals surface area contributed by atoms with Crippen LogP contribution < -0.4 is 5.69 Å². The van der Waals surface area contributed by atoms with Crippen LogP contribution in [-0.2, 0) is 17.8 Å². The molecule has 1 N–H and O–H groups in total. The zero-order chi connectivity index (χ0) is 27.6. The first-order chi connectivity index (χ1) is 18.0. The molecule has 1 aromatic carbocycles. The number of hydrogen-bond acceptors (Lipinski definition) is 8. The summed E-state index contributed by atoms with van der Waals surface area (Å²) in [6.45, 7) is 0.357. The number of esters is 1. The van der Waals surface area contributed by atoms with Crippen molar-refractivity contribution in [2.24, 2.45) is 0 Å². The number of aliphatic hydroxyl groups excluding tert-OH is 1. The number of pyridine rings is 1. The van der Waals surface area contributed by atoms with Crippen molar-refractivity contribution in [1.82, 2.24) is 34.1 Å². The van der Waals surface area contributed by atoms with Gasteiger partial charge in [0.15, 0.2) is 28.2 Å². The molecule has 4 aromatic rings. The molecule has 0 aliphatic heterocycles. The van der Waals surface area contributed by atoms with Gasteiger partial charge in [0.05, 0.1) is 13.2 Å². The molecule has 1 atom stereocenters. The lowest BCUT2D eigenvalue weighted by molar-refractivity contribution is -0.207. The first-order valence-corrected chi connectivity index (χ1v) is 12.1. The standard InChI is InChI=1S/C22H18BrClF3N7O4/c1-2-38-19(36)17-14(4-3-9-28-17)34-20(23)29-16(30-34)11-33-21(37)32(10-15(35)22(25,26)27)18(31-33)12-5-7-13(24)8-6-12/h3-9,15,35H,2,10-11H2,1H3. The number of benzene rings is 1. The lowest BCUT2D eigenvalue weighted by atomic mass is 10.2. The summed E-state index contributed by atoms with van der Waals surface area (Å²) in [4.78, 5) is 33.7. The molecule has 3 aromatic heterocycles. The van der Waals surface area contributed by atoms with Crippen LogP contribution in [0.3, 0.4) is 0 Å². The van der Waals surface area contributed by atoms with Crippen LogP contribution in [0.4, 0.5) is 13.2 Å². The SMILES string of the molecule is CCOC(=O)c1ncccc1-n1nc(Cn2nc(-c3ccc(Cl)cc3)n(CC(O)C(F)(F)F)c2=O)nc1Br.